The monoisotopic (exact) mass is 289 g/mol. The van der Waals surface area contributed by atoms with Crippen molar-refractivity contribution < 1.29 is 4.79 Å². The third-order valence-electron chi connectivity index (χ3n) is 3.05. The number of carbonyl (C=O) groups excluding carboxylic acids is 1. The molecule has 1 aromatic heterocycles. The molecule has 0 aliphatic carbocycles. The van der Waals surface area contributed by atoms with E-state index in [1.54, 1.807) is 23.3 Å². The van der Waals surface area contributed by atoms with E-state index in [4.69, 9.17) is 5.73 Å². The number of aryl methyl sites for hydroxylation is 1. The van der Waals surface area contributed by atoms with Crippen LogP contribution in [0.5, 0.6) is 0 Å². The van der Waals surface area contributed by atoms with Gasteiger partial charge in [-0.15, -0.1) is 11.3 Å². The Morgan fingerprint density at radius 2 is 2.05 bits per heavy atom. The smallest absolute Gasteiger partial charge is 0.253 e. The van der Waals surface area contributed by atoms with Crippen LogP contribution in [0.4, 0.5) is 0 Å². The van der Waals surface area contributed by atoms with Crippen LogP contribution in [0.2, 0.25) is 0 Å². The van der Waals surface area contributed by atoms with E-state index in [9.17, 15) is 4.79 Å². The molecule has 0 atom stereocenters. The molecule has 0 unspecified atom stereocenters. The average Bonchev–Trinajstić information content (AvgIpc) is 2.84. The summed E-state index contributed by atoms with van der Waals surface area (Å²) >= 11 is 1.60. The highest BCUT2D eigenvalue weighted by Crippen LogP contribution is 2.12. The van der Waals surface area contributed by atoms with E-state index in [1.807, 2.05) is 36.6 Å². The Balaban J connectivity index is 2.02. The first-order valence-electron chi connectivity index (χ1n) is 6.55. The summed E-state index contributed by atoms with van der Waals surface area (Å²) < 4.78 is 0. The maximum atomic E-state index is 12.3. The number of hydrogen-bond acceptors (Lipinski definition) is 4. The lowest BCUT2D eigenvalue weighted by atomic mass is 10.1. The van der Waals surface area contributed by atoms with Gasteiger partial charge in [-0.2, -0.15) is 0 Å². The highest BCUT2D eigenvalue weighted by atomic mass is 32.1. The van der Waals surface area contributed by atoms with E-state index < -0.39 is 0 Å². The fourth-order valence-electron chi connectivity index (χ4n) is 2.00. The fraction of sp³-hybridized carbons (Fsp3) is 0.333. The molecule has 4 nitrogen and oxygen atoms in total. The Morgan fingerprint density at radius 3 is 2.60 bits per heavy atom. The van der Waals surface area contributed by atoms with Gasteiger partial charge in [-0.1, -0.05) is 12.1 Å². The van der Waals surface area contributed by atoms with Crippen LogP contribution in [0.25, 0.3) is 0 Å². The van der Waals surface area contributed by atoms with Gasteiger partial charge >= 0.3 is 0 Å². The molecule has 0 aliphatic rings. The molecule has 0 radical (unpaired) electrons. The third-order valence-corrected chi connectivity index (χ3v) is 3.87. The lowest BCUT2D eigenvalue weighted by Crippen LogP contribution is -2.26. The summed E-state index contributed by atoms with van der Waals surface area (Å²) in [5.74, 6) is 0.00921. The number of nitrogens with two attached hydrogens (primary N) is 1. The summed E-state index contributed by atoms with van der Waals surface area (Å²) in [6.07, 6.45) is 0.836. The summed E-state index contributed by atoms with van der Waals surface area (Å²) in [4.78, 5) is 18.4. The molecular formula is C15H19N3OS. The molecule has 2 aromatic rings. The molecule has 0 fully saturated rings. The summed E-state index contributed by atoms with van der Waals surface area (Å²) in [6, 6.07) is 7.63. The van der Waals surface area contributed by atoms with Gasteiger partial charge in [-0.25, -0.2) is 4.98 Å². The zero-order valence-electron chi connectivity index (χ0n) is 11.8. The Hall–Kier alpha value is -1.72. The normalized spacial score (nSPS) is 10.6. The quantitative estimate of drug-likeness (QED) is 0.918. The number of aromatic nitrogens is 1. The van der Waals surface area contributed by atoms with E-state index >= 15 is 0 Å². The van der Waals surface area contributed by atoms with Crippen LogP contribution in [0.1, 0.15) is 26.6 Å². The zero-order valence-corrected chi connectivity index (χ0v) is 12.6. The number of nitrogens with zero attached hydrogens (tertiary/aromatic N) is 2. The number of thiazole rings is 1. The van der Waals surface area contributed by atoms with Crippen LogP contribution in [-0.2, 0) is 13.0 Å². The minimum atomic E-state index is 0.00921. The summed E-state index contributed by atoms with van der Waals surface area (Å²) in [7, 11) is 1.80. The van der Waals surface area contributed by atoms with Crippen molar-refractivity contribution in [2.45, 2.75) is 19.9 Å². The zero-order chi connectivity index (χ0) is 14.5. The van der Waals surface area contributed by atoms with Crippen molar-refractivity contribution in [1.82, 2.24) is 9.88 Å². The van der Waals surface area contributed by atoms with Crippen molar-refractivity contribution in [2.75, 3.05) is 13.6 Å². The second kappa shape index (κ2) is 6.63. The first-order valence-corrected chi connectivity index (χ1v) is 7.43. The minimum absolute atomic E-state index is 0.00921. The fourth-order valence-corrected chi connectivity index (χ4v) is 2.60. The number of amides is 1. The van der Waals surface area contributed by atoms with Gasteiger partial charge in [-0.3, -0.25) is 4.79 Å². The van der Waals surface area contributed by atoms with Crippen LogP contribution in [0.3, 0.4) is 0 Å². The van der Waals surface area contributed by atoms with Crippen LogP contribution in [0.15, 0.2) is 29.6 Å². The minimum Gasteiger partial charge on any atom is -0.336 e. The maximum absolute atomic E-state index is 12.3. The molecule has 0 bridgehead atoms. The van der Waals surface area contributed by atoms with Crippen LogP contribution >= 0.6 is 11.3 Å². The van der Waals surface area contributed by atoms with Crippen LogP contribution < -0.4 is 5.73 Å². The Bertz CT molecular complexity index is 577. The second-order valence-corrected chi connectivity index (χ2v) is 5.82. The highest BCUT2D eigenvalue weighted by molar-refractivity contribution is 7.09. The van der Waals surface area contributed by atoms with Crippen molar-refractivity contribution in [3.63, 3.8) is 0 Å². The van der Waals surface area contributed by atoms with Crippen molar-refractivity contribution in [3.05, 3.63) is 51.5 Å². The number of carbonyl (C=O) groups is 1. The molecule has 2 N–H and O–H groups in total. The van der Waals surface area contributed by atoms with Crippen molar-refractivity contribution >= 4 is 17.2 Å². The molecule has 1 amide bonds. The summed E-state index contributed by atoms with van der Waals surface area (Å²) in [5.41, 5.74) is 8.30. The molecular weight excluding hydrogens is 270 g/mol. The second-order valence-electron chi connectivity index (χ2n) is 4.75. The van der Waals surface area contributed by atoms with E-state index in [-0.39, 0.29) is 5.91 Å². The lowest BCUT2D eigenvalue weighted by molar-refractivity contribution is 0.0783. The molecule has 0 spiro atoms. The van der Waals surface area contributed by atoms with E-state index in [2.05, 4.69) is 4.98 Å². The summed E-state index contributed by atoms with van der Waals surface area (Å²) in [6.45, 7) is 3.12. The van der Waals surface area contributed by atoms with Gasteiger partial charge in [0.05, 0.1) is 17.2 Å². The molecule has 1 aromatic carbocycles. The van der Waals surface area contributed by atoms with Gasteiger partial charge in [0.15, 0.2) is 0 Å². The van der Waals surface area contributed by atoms with E-state index in [0.717, 1.165) is 22.7 Å². The van der Waals surface area contributed by atoms with Gasteiger partial charge in [0.25, 0.3) is 5.91 Å². The SMILES string of the molecule is Cc1nc(CN(C)C(=O)c2ccc(CCN)cc2)cs1. The third kappa shape index (κ3) is 3.65. The summed E-state index contributed by atoms with van der Waals surface area (Å²) in [5, 5.41) is 3.01. The van der Waals surface area contributed by atoms with Crippen molar-refractivity contribution in [3.8, 4) is 0 Å². The Labute approximate surface area is 123 Å². The first-order chi connectivity index (χ1) is 9.60. The molecule has 0 saturated heterocycles. The highest BCUT2D eigenvalue weighted by Gasteiger charge is 2.13. The van der Waals surface area contributed by atoms with E-state index in [0.29, 0.717) is 18.7 Å². The van der Waals surface area contributed by atoms with Crippen molar-refractivity contribution in [1.29, 1.82) is 0 Å². The van der Waals surface area contributed by atoms with E-state index in [1.165, 1.54) is 0 Å². The number of benzene rings is 1. The Kier molecular flexibility index (Phi) is 4.87. The van der Waals surface area contributed by atoms with Gasteiger partial charge in [0, 0.05) is 18.0 Å². The number of rotatable bonds is 5. The molecule has 0 aliphatic heterocycles. The lowest BCUT2D eigenvalue weighted by Gasteiger charge is -2.16. The molecule has 20 heavy (non-hydrogen) atoms. The van der Waals surface area contributed by atoms with Gasteiger partial charge < -0.3 is 10.6 Å². The average molecular weight is 289 g/mol. The predicted octanol–water partition coefficient (Wildman–Crippen LogP) is 2.22. The maximum Gasteiger partial charge on any atom is 0.253 e. The van der Waals surface area contributed by atoms with Crippen LogP contribution in [-0.4, -0.2) is 29.4 Å². The number of hydrogen-bond donors (Lipinski definition) is 1. The van der Waals surface area contributed by atoms with Crippen molar-refractivity contribution in [2.24, 2.45) is 5.73 Å². The Morgan fingerprint density at radius 1 is 1.35 bits per heavy atom. The predicted molar refractivity (Wildman–Crippen MR) is 81.8 cm³/mol. The van der Waals surface area contributed by atoms with Gasteiger partial charge in [0.2, 0.25) is 0 Å². The topological polar surface area (TPSA) is 59.2 Å². The standard InChI is InChI=1S/C15H19N3OS/c1-11-17-14(10-20-11)9-18(2)15(19)13-5-3-12(4-6-13)7-8-16/h3-6,10H,7-9,16H2,1-2H3. The molecule has 106 valence electrons. The largest absolute Gasteiger partial charge is 0.336 e. The molecule has 2 rings (SSSR count). The molecule has 1 heterocycles. The van der Waals surface area contributed by atoms with Gasteiger partial charge in [-0.05, 0) is 37.6 Å². The van der Waals surface area contributed by atoms with Crippen LogP contribution in [0, 0.1) is 6.92 Å². The van der Waals surface area contributed by atoms with Gasteiger partial charge in [0.1, 0.15) is 0 Å². The first kappa shape index (κ1) is 14.7. The molecule has 0 saturated carbocycles. The molecule has 5 heteroatoms.